The Balaban J connectivity index is 1.81. The van der Waals surface area contributed by atoms with Gasteiger partial charge in [0.1, 0.15) is 18.8 Å². The maximum Gasteiger partial charge on any atom is 0.410 e. The van der Waals surface area contributed by atoms with Gasteiger partial charge in [-0.05, 0) is 5.56 Å². The highest BCUT2D eigenvalue weighted by atomic mass is 16.6. The smallest absolute Gasteiger partial charge is 0.410 e. The molecule has 1 amide bonds. The number of H-pyrrole nitrogens is 1. The molecule has 0 atom stereocenters. The van der Waals surface area contributed by atoms with E-state index in [-0.39, 0.29) is 6.61 Å². The first kappa shape index (κ1) is 12.1. The van der Waals surface area contributed by atoms with Gasteiger partial charge in [0.25, 0.3) is 0 Å². The number of rotatable bonds is 4. The number of nitrogens with zero attached hydrogens (tertiary/aromatic N) is 3. The molecule has 0 aliphatic heterocycles. The minimum Gasteiger partial charge on any atom is -0.445 e. The molecule has 94 valence electrons. The van der Waals surface area contributed by atoms with Crippen molar-refractivity contribution < 1.29 is 9.53 Å². The third-order valence-electron chi connectivity index (χ3n) is 2.37. The van der Waals surface area contributed by atoms with Gasteiger partial charge in [-0.25, -0.2) is 9.78 Å². The lowest BCUT2D eigenvalue weighted by Gasteiger charge is -2.15. The molecule has 0 saturated heterocycles. The number of amides is 1. The third kappa shape index (κ3) is 3.31. The first-order valence-electron chi connectivity index (χ1n) is 5.52. The van der Waals surface area contributed by atoms with Gasteiger partial charge in [-0.2, -0.15) is 5.10 Å². The van der Waals surface area contributed by atoms with Gasteiger partial charge in [-0.15, -0.1) is 0 Å². The van der Waals surface area contributed by atoms with Crippen molar-refractivity contribution in [1.29, 1.82) is 0 Å². The zero-order chi connectivity index (χ0) is 12.8. The highest BCUT2D eigenvalue weighted by Crippen LogP contribution is 2.03. The number of aromatic nitrogens is 3. The van der Waals surface area contributed by atoms with Crippen LogP contribution in [-0.4, -0.2) is 33.2 Å². The molecule has 0 aliphatic carbocycles. The molecule has 6 nitrogen and oxygen atoms in total. The molecule has 0 aliphatic rings. The number of benzene rings is 1. The number of nitrogens with one attached hydrogen (secondary N) is 1. The van der Waals surface area contributed by atoms with Crippen molar-refractivity contribution >= 4 is 6.09 Å². The molecule has 1 heterocycles. The van der Waals surface area contributed by atoms with E-state index in [4.69, 9.17) is 4.74 Å². The molecule has 6 heteroatoms. The molecule has 2 rings (SSSR count). The van der Waals surface area contributed by atoms with Gasteiger partial charge in [-0.3, -0.25) is 5.10 Å². The Morgan fingerprint density at radius 2 is 2.17 bits per heavy atom. The van der Waals surface area contributed by atoms with Crippen LogP contribution < -0.4 is 0 Å². The van der Waals surface area contributed by atoms with Crippen molar-refractivity contribution in [3.05, 3.63) is 48.0 Å². The van der Waals surface area contributed by atoms with E-state index in [9.17, 15) is 4.79 Å². The highest BCUT2D eigenvalue weighted by molar-refractivity contribution is 5.67. The lowest BCUT2D eigenvalue weighted by Crippen LogP contribution is -2.27. The van der Waals surface area contributed by atoms with Crippen molar-refractivity contribution in [2.75, 3.05) is 7.05 Å². The number of carbonyl (C=O) groups is 1. The molecule has 0 unspecified atom stereocenters. The number of hydrogen-bond donors (Lipinski definition) is 1. The van der Waals surface area contributed by atoms with Crippen molar-refractivity contribution in [3.8, 4) is 0 Å². The fourth-order valence-electron chi connectivity index (χ4n) is 1.43. The van der Waals surface area contributed by atoms with Crippen LogP contribution in [0.25, 0.3) is 0 Å². The van der Waals surface area contributed by atoms with Crippen molar-refractivity contribution in [2.24, 2.45) is 0 Å². The van der Waals surface area contributed by atoms with E-state index in [0.717, 1.165) is 5.56 Å². The largest absolute Gasteiger partial charge is 0.445 e. The summed E-state index contributed by atoms with van der Waals surface area (Å²) >= 11 is 0. The number of aromatic amines is 1. The summed E-state index contributed by atoms with van der Waals surface area (Å²) in [5, 5.41) is 6.40. The summed E-state index contributed by atoms with van der Waals surface area (Å²) in [7, 11) is 1.65. The average molecular weight is 246 g/mol. The predicted octanol–water partition coefficient (Wildman–Crippen LogP) is 1.57. The van der Waals surface area contributed by atoms with E-state index in [1.165, 1.54) is 11.2 Å². The predicted molar refractivity (Wildman–Crippen MR) is 64.5 cm³/mol. The quantitative estimate of drug-likeness (QED) is 0.889. The molecule has 0 radical (unpaired) electrons. The van der Waals surface area contributed by atoms with Crippen LogP contribution in [0.2, 0.25) is 0 Å². The van der Waals surface area contributed by atoms with Crippen molar-refractivity contribution in [1.82, 2.24) is 20.1 Å². The molecule has 1 N–H and O–H groups in total. The van der Waals surface area contributed by atoms with Crippen LogP contribution >= 0.6 is 0 Å². The van der Waals surface area contributed by atoms with Gasteiger partial charge in [0, 0.05) is 7.05 Å². The van der Waals surface area contributed by atoms with E-state index in [1.807, 2.05) is 30.3 Å². The Kier molecular flexibility index (Phi) is 3.90. The van der Waals surface area contributed by atoms with E-state index in [0.29, 0.717) is 12.4 Å². The standard InChI is InChI=1S/C12H14N4O2/c1-16(7-11-13-9-14-15-11)12(17)18-8-10-5-3-2-4-6-10/h2-6,9H,7-8H2,1H3,(H,13,14,15). The summed E-state index contributed by atoms with van der Waals surface area (Å²) in [6.45, 7) is 0.605. The number of ether oxygens (including phenoxy) is 1. The van der Waals surface area contributed by atoms with Crippen LogP contribution in [0.4, 0.5) is 4.79 Å². The first-order chi connectivity index (χ1) is 8.75. The van der Waals surface area contributed by atoms with Gasteiger partial charge in [0.2, 0.25) is 0 Å². The molecule has 0 spiro atoms. The van der Waals surface area contributed by atoms with Crippen molar-refractivity contribution in [2.45, 2.75) is 13.2 Å². The first-order valence-corrected chi connectivity index (χ1v) is 5.52. The van der Waals surface area contributed by atoms with Gasteiger partial charge >= 0.3 is 6.09 Å². The second-order valence-electron chi connectivity index (χ2n) is 3.83. The monoisotopic (exact) mass is 246 g/mol. The molecule has 2 aromatic rings. The summed E-state index contributed by atoms with van der Waals surface area (Å²) in [6, 6.07) is 9.54. The average Bonchev–Trinajstić information content (AvgIpc) is 2.90. The Morgan fingerprint density at radius 1 is 1.39 bits per heavy atom. The van der Waals surface area contributed by atoms with Crippen molar-refractivity contribution in [3.63, 3.8) is 0 Å². The zero-order valence-electron chi connectivity index (χ0n) is 10.0. The van der Waals surface area contributed by atoms with E-state index in [1.54, 1.807) is 7.05 Å². The lowest BCUT2D eigenvalue weighted by molar-refractivity contribution is 0.102. The second kappa shape index (κ2) is 5.81. The maximum atomic E-state index is 11.7. The van der Waals surface area contributed by atoms with Gasteiger partial charge < -0.3 is 9.64 Å². The fourth-order valence-corrected chi connectivity index (χ4v) is 1.43. The van der Waals surface area contributed by atoms with Crippen LogP contribution in [0.3, 0.4) is 0 Å². The molecule has 1 aromatic heterocycles. The summed E-state index contributed by atoms with van der Waals surface area (Å²) in [4.78, 5) is 17.1. The summed E-state index contributed by atoms with van der Waals surface area (Å²) in [5.74, 6) is 0.620. The molecule has 0 saturated carbocycles. The number of hydrogen-bond acceptors (Lipinski definition) is 4. The van der Waals surface area contributed by atoms with Gasteiger partial charge in [0.15, 0.2) is 0 Å². The van der Waals surface area contributed by atoms with Crippen LogP contribution in [0.5, 0.6) is 0 Å². The van der Waals surface area contributed by atoms with Gasteiger partial charge in [0.05, 0.1) is 6.54 Å². The summed E-state index contributed by atoms with van der Waals surface area (Å²) in [6.07, 6.45) is 1.01. The van der Waals surface area contributed by atoms with Crippen LogP contribution in [0.1, 0.15) is 11.4 Å². The minimum absolute atomic E-state index is 0.264. The SMILES string of the molecule is CN(Cc1ncn[nH]1)C(=O)OCc1ccccc1. The summed E-state index contributed by atoms with van der Waals surface area (Å²) < 4.78 is 5.16. The van der Waals surface area contributed by atoms with E-state index < -0.39 is 6.09 Å². The highest BCUT2D eigenvalue weighted by Gasteiger charge is 2.11. The maximum absolute atomic E-state index is 11.7. The second-order valence-corrected chi connectivity index (χ2v) is 3.83. The lowest BCUT2D eigenvalue weighted by atomic mass is 10.2. The molecule has 18 heavy (non-hydrogen) atoms. The topological polar surface area (TPSA) is 71.1 Å². The fraction of sp³-hybridized carbons (Fsp3) is 0.250. The normalized spacial score (nSPS) is 10.1. The molecular formula is C12H14N4O2. The van der Waals surface area contributed by atoms with E-state index in [2.05, 4.69) is 15.2 Å². The minimum atomic E-state index is -0.393. The number of carbonyl (C=O) groups excluding carboxylic acids is 1. The Bertz CT molecular complexity index is 484. The molecule has 0 fully saturated rings. The van der Waals surface area contributed by atoms with Crippen LogP contribution in [0, 0.1) is 0 Å². The van der Waals surface area contributed by atoms with Crippen LogP contribution in [-0.2, 0) is 17.9 Å². The molecule has 0 bridgehead atoms. The summed E-state index contributed by atoms with van der Waals surface area (Å²) in [5.41, 5.74) is 0.957. The Labute approximate surface area is 105 Å². The third-order valence-corrected chi connectivity index (χ3v) is 2.37. The zero-order valence-corrected chi connectivity index (χ0v) is 10.0. The van der Waals surface area contributed by atoms with E-state index >= 15 is 0 Å². The Morgan fingerprint density at radius 3 is 2.83 bits per heavy atom. The Hall–Kier alpha value is -2.37. The van der Waals surface area contributed by atoms with Gasteiger partial charge in [-0.1, -0.05) is 30.3 Å². The molecule has 1 aromatic carbocycles. The van der Waals surface area contributed by atoms with Crippen LogP contribution in [0.15, 0.2) is 36.7 Å². The molecular weight excluding hydrogens is 232 g/mol.